The molecule has 5 rings (SSSR count). The van der Waals surface area contributed by atoms with E-state index in [1.54, 1.807) is 17.2 Å². The summed E-state index contributed by atoms with van der Waals surface area (Å²) in [6.07, 6.45) is 6.83. The number of aromatic nitrogens is 1. The average molecular weight is 434 g/mol. The maximum Gasteiger partial charge on any atom is 0.271 e. The van der Waals surface area contributed by atoms with Crippen molar-refractivity contribution in [2.45, 2.75) is 64.1 Å². The Morgan fingerprint density at radius 1 is 1.19 bits per heavy atom. The van der Waals surface area contributed by atoms with Crippen LogP contribution in [0.4, 0.5) is 0 Å². The maximum atomic E-state index is 13.8. The van der Waals surface area contributed by atoms with E-state index in [4.69, 9.17) is 4.42 Å². The van der Waals surface area contributed by atoms with E-state index in [0.29, 0.717) is 36.7 Å². The van der Waals surface area contributed by atoms with Crippen LogP contribution in [0, 0.1) is 5.92 Å². The van der Waals surface area contributed by atoms with Crippen LogP contribution in [0.3, 0.4) is 0 Å². The maximum absolute atomic E-state index is 13.8. The number of nitrogens with zero attached hydrogens (tertiary/aromatic N) is 2. The molecule has 3 aromatic rings. The number of carbonyl (C=O) groups excluding carboxylic acids is 2. The number of rotatable bonds is 5. The van der Waals surface area contributed by atoms with Crippen LogP contribution < -0.4 is 5.32 Å². The lowest BCUT2D eigenvalue weighted by Gasteiger charge is -2.45. The molecule has 2 aromatic heterocycles. The predicted molar refractivity (Wildman–Crippen MR) is 123 cm³/mol. The molecule has 32 heavy (non-hydrogen) atoms. The third-order valence-corrected chi connectivity index (χ3v) is 7.43. The minimum absolute atomic E-state index is 0.0614. The molecule has 2 amide bonds. The zero-order valence-electron chi connectivity index (χ0n) is 18.8. The summed E-state index contributed by atoms with van der Waals surface area (Å²) < 4.78 is 7.50. The van der Waals surface area contributed by atoms with E-state index in [9.17, 15) is 9.59 Å². The number of hydrogen-bond donors (Lipinski definition) is 1. The molecule has 2 aliphatic rings. The fourth-order valence-electron chi connectivity index (χ4n) is 5.36. The first-order chi connectivity index (χ1) is 15.5. The fourth-order valence-corrected chi connectivity index (χ4v) is 5.36. The zero-order valence-corrected chi connectivity index (χ0v) is 18.8. The van der Waals surface area contributed by atoms with Gasteiger partial charge < -0.3 is 19.2 Å². The van der Waals surface area contributed by atoms with Crippen molar-refractivity contribution < 1.29 is 14.0 Å². The number of nitrogens with one attached hydrogen (secondary N) is 1. The van der Waals surface area contributed by atoms with Crippen LogP contribution in [-0.2, 0) is 17.8 Å². The van der Waals surface area contributed by atoms with E-state index < -0.39 is 5.54 Å². The summed E-state index contributed by atoms with van der Waals surface area (Å²) in [5.74, 6) is 0.276. The molecule has 0 bridgehead atoms. The van der Waals surface area contributed by atoms with Gasteiger partial charge in [-0.05, 0) is 37.7 Å². The molecule has 0 spiro atoms. The van der Waals surface area contributed by atoms with Gasteiger partial charge in [0.1, 0.15) is 11.2 Å². The third-order valence-electron chi connectivity index (χ3n) is 7.43. The summed E-state index contributed by atoms with van der Waals surface area (Å²) in [7, 11) is 0. The van der Waals surface area contributed by atoms with E-state index in [2.05, 4.69) is 24.4 Å². The molecule has 6 nitrogen and oxygen atoms in total. The molecule has 3 atom stereocenters. The van der Waals surface area contributed by atoms with Gasteiger partial charge in [0.05, 0.1) is 18.3 Å². The average Bonchev–Trinajstić information content (AvgIpc) is 3.38. The molecular formula is C26H31N3O3. The van der Waals surface area contributed by atoms with Crippen LogP contribution in [-0.4, -0.2) is 39.4 Å². The number of benzene rings is 1. The van der Waals surface area contributed by atoms with Gasteiger partial charge in [0.15, 0.2) is 5.58 Å². The van der Waals surface area contributed by atoms with Crippen LogP contribution >= 0.6 is 0 Å². The second-order valence-corrected chi connectivity index (χ2v) is 9.59. The number of amides is 2. The second kappa shape index (κ2) is 8.15. The molecule has 168 valence electrons. The van der Waals surface area contributed by atoms with Crippen LogP contribution in [0.2, 0.25) is 0 Å². The third kappa shape index (κ3) is 3.51. The van der Waals surface area contributed by atoms with E-state index in [0.717, 1.165) is 30.3 Å². The molecule has 1 aliphatic heterocycles. The highest BCUT2D eigenvalue weighted by Crippen LogP contribution is 2.34. The molecule has 1 aromatic carbocycles. The van der Waals surface area contributed by atoms with E-state index >= 15 is 0 Å². The Labute approximate surface area is 188 Å². The minimum atomic E-state index is -0.973. The summed E-state index contributed by atoms with van der Waals surface area (Å²) in [6, 6.07) is 13.9. The lowest BCUT2D eigenvalue weighted by atomic mass is 9.85. The summed E-state index contributed by atoms with van der Waals surface area (Å²) in [6.45, 7) is 5.02. The Hall–Kier alpha value is -3.02. The number of fused-ring (bicyclic) bond motifs is 3. The molecule has 1 N–H and O–H groups in total. The Morgan fingerprint density at radius 2 is 1.97 bits per heavy atom. The Balaban J connectivity index is 1.48. The minimum Gasteiger partial charge on any atom is -0.463 e. The molecule has 0 unspecified atom stereocenters. The first-order valence-electron chi connectivity index (χ1n) is 11.7. The van der Waals surface area contributed by atoms with Crippen LogP contribution in [0.5, 0.6) is 0 Å². The van der Waals surface area contributed by atoms with Crippen molar-refractivity contribution in [3.8, 4) is 0 Å². The van der Waals surface area contributed by atoms with Crippen LogP contribution in [0.25, 0.3) is 11.1 Å². The summed E-state index contributed by atoms with van der Waals surface area (Å²) in [5, 5.41) is 3.32. The lowest BCUT2D eigenvalue weighted by Crippen LogP contribution is -2.65. The van der Waals surface area contributed by atoms with Gasteiger partial charge in [-0.3, -0.25) is 9.59 Å². The van der Waals surface area contributed by atoms with Gasteiger partial charge in [-0.25, -0.2) is 0 Å². The first kappa shape index (κ1) is 20.9. The van der Waals surface area contributed by atoms with Crippen molar-refractivity contribution in [3.63, 3.8) is 0 Å². The van der Waals surface area contributed by atoms with Gasteiger partial charge in [-0.1, -0.05) is 50.1 Å². The number of carbonyl (C=O) groups is 2. The van der Waals surface area contributed by atoms with E-state index in [1.165, 1.54) is 6.42 Å². The predicted octanol–water partition coefficient (Wildman–Crippen LogP) is 4.39. The SMILES string of the molecule is C[C@@H]1CCCC[C@H]1NC(=O)[C@@]1(C)Cn2c(cc3occc32)C(=O)N1CCc1ccccc1. The van der Waals surface area contributed by atoms with Gasteiger partial charge in [0.25, 0.3) is 5.91 Å². The van der Waals surface area contributed by atoms with Gasteiger partial charge >= 0.3 is 0 Å². The van der Waals surface area contributed by atoms with Gasteiger partial charge in [0.2, 0.25) is 5.91 Å². The Bertz CT molecular complexity index is 1130. The monoisotopic (exact) mass is 433 g/mol. The second-order valence-electron chi connectivity index (χ2n) is 9.59. The first-order valence-corrected chi connectivity index (χ1v) is 11.7. The van der Waals surface area contributed by atoms with Crippen LogP contribution in [0.15, 0.2) is 53.1 Å². The summed E-state index contributed by atoms with van der Waals surface area (Å²) in [4.78, 5) is 29.2. The highest BCUT2D eigenvalue weighted by Gasteiger charge is 2.48. The van der Waals surface area contributed by atoms with Crippen molar-refractivity contribution in [2.24, 2.45) is 5.92 Å². The number of hydrogen-bond acceptors (Lipinski definition) is 3. The van der Waals surface area contributed by atoms with E-state index in [1.807, 2.05) is 35.8 Å². The molecule has 1 aliphatic carbocycles. The van der Waals surface area contributed by atoms with Crippen molar-refractivity contribution in [3.05, 3.63) is 60.0 Å². The Kier molecular flexibility index (Phi) is 5.31. The molecule has 1 saturated carbocycles. The topological polar surface area (TPSA) is 67.5 Å². The summed E-state index contributed by atoms with van der Waals surface area (Å²) >= 11 is 0. The molecule has 6 heteroatoms. The molecule has 0 saturated heterocycles. The van der Waals surface area contributed by atoms with Gasteiger partial charge in [-0.15, -0.1) is 0 Å². The Morgan fingerprint density at radius 3 is 2.75 bits per heavy atom. The van der Waals surface area contributed by atoms with Gasteiger partial charge in [-0.2, -0.15) is 0 Å². The van der Waals surface area contributed by atoms with E-state index in [-0.39, 0.29) is 17.9 Å². The molecular weight excluding hydrogens is 402 g/mol. The number of furan rings is 1. The lowest BCUT2D eigenvalue weighted by molar-refractivity contribution is -0.134. The normalized spacial score (nSPS) is 25.7. The zero-order chi connectivity index (χ0) is 22.3. The van der Waals surface area contributed by atoms with Crippen molar-refractivity contribution in [1.29, 1.82) is 0 Å². The standard InChI is InChI=1S/C26H31N3O3/c1-18-8-6-7-11-20(18)27-25(31)26(2)17-28-21-13-15-32-23(21)16-22(28)24(30)29(26)14-12-19-9-4-3-5-10-19/h3-5,9-10,13,15-16,18,20H,6-8,11-12,14,17H2,1-2H3,(H,27,31)/t18-,20-,26-/m1/s1. The van der Waals surface area contributed by atoms with Crippen molar-refractivity contribution >= 4 is 22.9 Å². The highest BCUT2D eigenvalue weighted by atomic mass is 16.3. The molecule has 1 fully saturated rings. The highest BCUT2D eigenvalue weighted by molar-refractivity contribution is 6.02. The van der Waals surface area contributed by atoms with Crippen molar-refractivity contribution in [1.82, 2.24) is 14.8 Å². The van der Waals surface area contributed by atoms with Crippen LogP contribution in [0.1, 0.15) is 55.6 Å². The van der Waals surface area contributed by atoms with Gasteiger partial charge in [0, 0.05) is 24.7 Å². The molecule has 0 radical (unpaired) electrons. The smallest absolute Gasteiger partial charge is 0.271 e. The quantitative estimate of drug-likeness (QED) is 0.649. The molecule has 3 heterocycles. The van der Waals surface area contributed by atoms with Crippen molar-refractivity contribution in [2.75, 3.05) is 6.54 Å². The summed E-state index contributed by atoms with van der Waals surface area (Å²) in [5.41, 5.74) is 2.31. The largest absolute Gasteiger partial charge is 0.463 e. The fraction of sp³-hybridized carbons (Fsp3) is 0.462.